The van der Waals surface area contributed by atoms with Gasteiger partial charge in [0, 0.05) is 11.8 Å². The lowest BCUT2D eigenvalue weighted by Crippen LogP contribution is -2.16. The molecule has 0 spiro atoms. The van der Waals surface area contributed by atoms with Crippen molar-refractivity contribution in [1.82, 2.24) is 4.98 Å². The topological polar surface area (TPSA) is 22.1 Å². The van der Waals surface area contributed by atoms with Crippen LogP contribution in [0.4, 0.5) is 0 Å². The van der Waals surface area contributed by atoms with Crippen molar-refractivity contribution in [3.05, 3.63) is 23.4 Å². The van der Waals surface area contributed by atoms with Crippen LogP contribution in [-0.4, -0.2) is 12.5 Å². The van der Waals surface area contributed by atoms with Crippen LogP contribution in [-0.2, 0) is 11.3 Å². The highest BCUT2D eigenvalue weighted by Crippen LogP contribution is 2.15. The summed E-state index contributed by atoms with van der Waals surface area (Å²) in [5, 5.41) is 0. The van der Waals surface area contributed by atoms with Crippen molar-refractivity contribution in [3.63, 3.8) is 0 Å². The molecule has 0 saturated heterocycles. The molecular formula is C9H11BNO. The molecule has 2 nitrogen and oxygen atoms in total. The van der Waals surface area contributed by atoms with Crippen LogP contribution in [0.25, 0.3) is 0 Å². The van der Waals surface area contributed by atoms with Crippen LogP contribution in [0, 0.1) is 0 Å². The van der Waals surface area contributed by atoms with Crippen LogP contribution >= 0.6 is 0 Å². The third-order valence-corrected chi connectivity index (χ3v) is 2.12. The van der Waals surface area contributed by atoms with Gasteiger partial charge in [-0.3, -0.25) is 4.98 Å². The minimum absolute atomic E-state index is 0.545. The number of pyridine rings is 1. The Balaban J connectivity index is 2.39. The zero-order chi connectivity index (χ0) is 8.55. The van der Waals surface area contributed by atoms with E-state index in [0.717, 1.165) is 5.59 Å². The zero-order valence-corrected chi connectivity index (χ0v) is 7.37. The van der Waals surface area contributed by atoms with Gasteiger partial charge in [0.25, 0.3) is 0 Å². The fourth-order valence-corrected chi connectivity index (χ4v) is 1.29. The van der Waals surface area contributed by atoms with Gasteiger partial charge in [0.05, 0.1) is 6.61 Å². The van der Waals surface area contributed by atoms with Crippen LogP contribution in [0.15, 0.2) is 12.3 Å². The molecule has 0 bridgehead atoms. The zero-order valence-electron chi connectivity index (χ0n) is 7.37. The molecule has 12 heavy (non-hydrogen) atoms. The molecule has 0 fully saturated rings. The lowest BCUT2D eigenvalue weighted by Gasteiger charge is -2.05. The van der Waals surface area contributed by atoms with E-state index in [1.54, 1.807) is 7.48 Å². The first-order valence-corrected chi connectivity index (χ1v) is 4.21. The van der Waals surface area contributed by atoms with Gasteiger partial charge in [0.15, 0.2) is 0 Å². The summed E-state index contributed by atoms with van der Waals surface area (Å²) in [6, 6.07) is 2.18. The van der Waals surface area contributed by atoms with Crippen molar-refractivity contribution >= 4 is 13.1 Å². The first-order valence-electron chi connectivity index (χ1n) is 4.21. The smallest absolute Gasteiger partial charge is 0.351 e. The van der Waals surface area contributed by atoms with Crippen LogP contribution < -0.4 is 5.59 Å². The third kappa shape index (κ3) is 1.25. The van der Waals surface area contributed by atoms with Crippen LogP contribution in [0.1, 0.15) is 30.9 Å². The predicted molar refractivity (Wildman–Crippen MR) is 48.5 cm³/mol. The maximum absolute atomic E-state index is 5.16. The lowest BCUT2D eigenvalue weighted by atomic mass is 9.92. The van der Waals surface area contributed by atoms with Crippen molar-refractivity contribution < 1.29 is 4.65 Å². The standard InChI is InChI=1S/C9H11BNO/c1-6(2)7-3-8-5-12-10-9(8)11-4-7/h3-4,6H,5H2,1-2H3. The average Bonchev–Trinajstić information content (AvgIpc) is 2.49. The molecule has 0 amide bonds. The molecule has 1 aliphatic rings. The summed E-state index contributed by atoms with van der Waals surface area (Å²) < 4.78 is 5.16. The Kier molecular flexibility index (Phi) is 1.89. The van der Waals surface area contributed by atoms with Gasteiger partial charge >= 0.3 is 7.48 Å². The van der Waals surface area contributed by atoms with Crippen molar-refractivity contribution in [2.45, 2.75) is 26.4 Å². The van der Waals surface area contributed by atoms with E-state index >= 15 is 0 Å². The van der Waals surface area contributed by atoms with Crippen LogP contribution in [0.2, 0.25) is 0 Å². The van der Waals surface area contributed by atoms with Crippen molar-refractivity contribution in [2.24, 2.45) is 0 Å². The van der Waals surface area contributed by atoms with Gasteiger partial charge in [-0.25, -0.2) is 0 Å². The molecule has 0 unspecified atom stereocenters. The summed E-state index contributed by atoms with van der Waals surface area (Å²) in [5.41, 5.74) is 3.48. The van der Waals surface area contributed by atoms with E-state index in [1.807, 2.05) is 6.20 Å². The molecule has 3 heteroatoms. The molecule has 0 saturated carbocycles. The second kappa shape index (κ2) is 2.90. The van der Waals surface area contributed by atoms with Crippen molar-refractivity contribution in [3.8, 4) is 0 Å². The summed E-state index contributed by atoms with van der Waals surface area (Å²) in [7, 11) is 1.72. The number of hydrogen-bond donors (Lipinski definition) is 0. The summed E-state index contributed by atoms with van der Waals surface area (Å²) >= 11 is 0. The second-order valence-electron chi connectivity index (χ2n) is 3.40. The Morgan fingerprint density at radius 3 is 3.17 bits per heavy atom. The van der Waals surface area contributed by atoms with Gasteiger partial charge in [-0.2, -0.15) is 0 Å². The largest absolute Gasteiger partial charge is 0.429 e. The molecule has 0 atom stereocenters. The van der Waals surface area contributed by atoms with Gasteiger partial charge in [-0.1, -0.05) is 19.9 Å². The molecular weight excluding hydrogens is 149 g/mol. The second-order valence-corrected chi connectivity index (χ2v) is 3.40. The minimum Gasteiger partial charge on any atom is -0.429 e. The van der Waals surface area contributed by atoms with Crippen LogP contribution in [0.3, 0.4) is 0 Å². The van der Waals surface area contributed by atoms with E-state index in [9.17, 15) is 0 Å². The molecule has 2 rings (SSSR count). The molecule has 0 aromatic carbocycles. The minimum atomic E-state index is 0.545. The van der Waals surface area contributed by atoms with E-state index in [-0.39, 0.29) is 0 Å². The van der Waals surface area contributed by atoms with Gasteiger partial charge in [-0.15, -0.1) is 0 Å². The van der Waals surface area contributed by atoms with E-state index in [4.69, 9.17) is 4.65 Å². The van der Waals surface area contributed by atoms with E-state index in [0.29, 0.717) is 12.5 Å². The third-order valence-electron chi connectivity index (χ3n) is 2.12. The lowest BCUT2D eigenvalue weighted by molar-refractivity contribution is 0.345. The summed E-state index contributed by atoms with van der Waals surface area (Å²) in [6.45, 7) is 5.02. The van der Waals surface area contributed by atoms with E-state index in [1.165, 1.54) is 11.1 Å². The fourth-order valence-electron chi connectivity index (χ4n) is 1.29. The van der Waals surface area contributed by atoms with Crippen molar-refractivity contribution in [1.29, 1.82) is 0 Å². The Labute approximate surface area is 73.2 Å². The van der Waals surface area contributed by atoms with Gasteiger partial charge < -0.3 is 4.65 Å². The Morgan fingerprint density at radius 1 is 1.58 bits per heavy atom. The monoisotopic (exact) mass is 160 g/mol. The SMILES string of the molecule is CC(C)c1cnc2c(c1)CO[B]2. The Bertz CT molecular complexity index is 299. The highest BCUT2D eigenvalue weighted by atomic mass is 16.4. The highest BCUT2D eigenvalue weighted by molar-refractivity contribution is 6.47. The maximum atomic E-state index is 5.16. The molecule has 0 aliphatic carbocycles. The predicted octanol–water partition coefficient (Wildman–Crippen LogP) is 0.980. The first-order chi connectivity index (χ1) is 5.77. The van der Waals surface area contributed by atoms with Gasteiger partial charge in [0.1, 0.15) is 0 Å². The number of hydrogen-bond acceptors (Lipinski definition) is 2. The van der Waals surface area contributed by atoms with Gasteiger partial charge in [0.2, 0.25) is 0 Å². The summed E-state index contributed by atoms with van der Waals surface area (Å²) in [5.74, 6) is 0.545. The fraction of sp³-hybridized carbons (Fsp3) is 0.444. The molecule has 1 aromatic rings. The maximum Gasteiger partial charge on any atom is 0.351 e. The number of aromatic nitrogens is 1. The van der Waals surface area contributed by atoms with Crippen molar-refractivity contribution in [2.75, 3.05) is 0 Å². The molecule has 61 valence electrons. The molecule has 1 aromatic heterocycles. The first kappa shape index (κ1) is 7.81. The Morgan fingerprint density at radius 2 is 2.42 bits per heavy atom. The highest BCUT2D eigenvalue weighted by Gasteiger charge is 2.15. The quantitative estimate of drug-likeness (QED) is 0.571. The average molecular weight is 160 g/mol. The number of rotatable bonds is 1. The normalized spacial score (nSPS) is 14.6. The Hall–Kier alpha value is -0.825. The molecule has 0 N–H and O–H groups in total. The molecule has 1 radical (unpaired) electrons. The van der Waals surface area contributed by atoms with E-state index in [2.05, 4.69) is 24.9 Å². The summed E-state index contributed by atoms with van der Waals surface area (Å²) in [4.78, 5) is 4.30. The van der Waals surface area contributed by atoms with E-state index < -0.39 is 0 Å². The number of nitrogens with zero attached hydrogens (tertiary/aromatic N) is 1. The van der Waals surface area contributed by atoms with Crippen LogP contribution in [0.5, 0.6) is 0 Å². The molecule has 1 aliphatic heterocycles. The summed E-state index contributed by atoms with van der Waals surface area (Å²) in [6.07, 6.45) is 1.93. The van der Waals surface area contributed by atoms with Gasteiger partial charge in [-0.05, 0) is 17.0 Å². The molecule has 2 heterocycles. The number of fused-ring (bicyclic) bond motifs is 1.